The Morgan fingerprint density at radius 1 is 1.35 bits per heavy atom. The van der Waals surface area contributed by atoms with Crippen molar-refractivity contribution in [2.75, 3.05) is 11.9 Å². The van der Waals surface area contributed by atoms with Crippen LogP contribution in [-0.4, -0.2) is 27.6 Å². The maximum Gasteiger partial charge on any atom is 0.374 e. The first kappa shape index (κ1) is 19.3. The van der Waals surface area contributed by atoms with Crippen LogP contribution in [0.2, 0.25) is 10.0 Å². The summed E-state index contributed by atoms with van der Waals surface area (Å²) in [5, 5.41) is 12.8. The predicted molar refractivity (Wildman–Crippen MR) is 91.7 cm³/mol. The number of carboxylic acid groups (broad SMARTS) is 1. The van der Waals surface area contributed by atoms with Crippen LogP contribution in [0.3, 0.4) is 0 Å². The summed E-state index contributed by atoms with van der Waals surface area (Å²) in [5.74, 6) is -0.532. The number of aromatic nitrogens is 2. The molecular weight excluding hydrogens is 365 g/mol. The molecule has 1 aromatic heterocycles. The second-order valence-corrected chi connectivity index (χ2v) is 5.17. The summed E-state index contributed by atoms with van der Waals surface area (Å²) in [6.07, 6.45) is 0. The zero-order valence-electron chi connectivity index (χ0n) is 12.3. The molecule has 0 radical (unpaired) electrons. The third-order valence-corrected chi connectivity index (χ3v) is 3.21. The van der Waals surface area contributed by atoms with Gasteiger partial charge < -0.3 is 15.2 Å². The highest BCUT2D eigenvalue weighted by molar-refractivity contribution is 6.35. The second kappa shape index (κ2) is 8.19. The van der Waals surface area contributed by atoms with Crippen LogP contribution in [0.4, 0.5) is 5.82 Å². The highest BCUT2D eigenvalue weighted by Crippen LogP contribution is 2.35. The molecule has 0 fully saturated rings. The summed E-state index contributed by atoms with van der Waals surface area (Å²) in [6, 6.07) is 4.80. The van der Waals surface area contributed by atoms with Gasteiger partial charge in [0.2, 0.25) is 5.82 Å². The summed E-state index contributed by atoms with van der Waals surface area (Å²) < 4.78 is 5.74. The Balaban J connectivity index is 0.00000264. The van der Waals surface area contributed by atoms with Gasteiger partial charge in [-0.25, -0.2) is 14.8 Å². The van der Waals surface area contributed by atoms with Gasteiger partial charge in [0.15, 0.2) is 11.6 Å². The Kier molecular flexibility index (Phi) is 6.87. The van der Waals surface area contributed by atoms with Gasteiger partial charge >= 0.3 is 5.97 Å². The maximum atomic E-state index is 11.0. The van der Waals surface area contributed by atoms with Gasteiger partial charge in [0.05, 0.1) is 10.7 Å². The largest absolute Gasteiger partial charge is 0.475 e. The molecule has 6 nitrogen and oxygen atoms in total. The number of aromatic carboxylic acids is 1. The van der Waals surface area contributed by atoms with Crippen LogP contribution in [0.15, 0.2) is 18.2 Å². The summed E-state index contributed by atoms with van der Waals surface area (Å²) >= 11 is 11.9. The lowest BCUT2D eigenvalue weighted by atomic mass is 10.3. The fourth-order valence-corrected chi connectivity index (χ4v) is 2.18. The molecule has 0 aliphatic rings. The molecule has 0 saturated carbocycles. The fourth-order valence-electron chi connectivity index (χ4n) is 1.74. The van der Waals surface area contributed by atoms with Gasteiger partial charge in [-0.1, -0.05) is 23.2 Å². The molecule has 0 aliphatic heterocycles. The number of hydrogen-bond donors (Lipinski definition) is 2. The van der Waals surface area contributed by atoms with Crippen molar-refractivity contribution in [2.24, 2.45) is 0 Å². The van der Waals surface area contributed by atoms with Crippen molar-refractivity contribution in [1.82, 2.24) is 9.97 Å². The maximum absolute atomic E-state index is 11.0. The fraction of sp³-hybridized carbons (Fsp3) is 0.214. The number of nitrogens with zero attached hydrogens (tertiary/aromatic N) is 2. The van der Waals surface area contributed by atoms with Gasteiger partial charge in [0.25, 0.3) is 0 Å². The van der Waals surface area contributed by atoms with E-state index in [1.807, 2.05) is 6.92 Å². The zero-order valence-corrected chi connectivity index (χ0v) is 14.6. The van der Waals surface area contributed by atoms with Crippen molar-refractivity contribution in [3.63, 3.8) is 0 Å². The molecule has 0 amide bonds. The summed E-state index contributed by atoms with van der Waals surface area (Å²) in [7, 11) is 0. The molecule has 2 aromatic rings. The van der Waals surface area contributed by atoms with Crippen molar-refractivity contribution in [2.45, 2.75) is 13.8 Å². The van der Waals surface area contributed by atoms with E-state index in [1.165, 1.54) is 0 Å². The molecule has 2 rings (SSSR count). The Morgan fingerprint density at radius 3 is 2.61 bits per heavy atom. The first-order chi connectivity index (χ1) is 10.4. The number of anilines is 1. The number of carbonyl (C=O) groups is 1. The van der Waals surface area contributed by atoms with E-state index in [0.717, 1.165) is 0 Å². The van der Waals surface area contributed by atoms with Gasteiger partial charge in [0.1, 0.15) is 5.75 Å². The average molecular weight is 379 g/mol. The molecular formula is C14H14Cl3N3O3. The third kappa shape index (κ3) is 4.60. The van der Waals surface area contributed by atoms with Gasteiger partial charge in [-0.2, -0.15) is 0 Å². The van der Waals surface area contributed by atoms with Crippen LogP contribution in [0.5, 0.6) is 11.5 Å². The lowest BCUT2D eigenvalue weighted by Gasteiger charge is -2.14. The Hall–Kier alpha value is -1.76. The normalized spacial score (nSPS) is 9.91. The predicted octanol–water partition coefficient (Wildman–Crippen LogP) is 4.44. The van der Waals surface area contributed by atoms with Gasteiger partial charge in [-0.05, 0) is 32.0 Å². The average Bonchev–Trinajstić information content (AvgIpc) is 2.44. The summed E-state index contributed by atoms with van der Waals surface area (Å²) in [5.41, 5.74) is 0.384. The number of aryl methyl sites for hydroxylation is 1. The number of nitrogens with one attached hydrogen (secondary N) is 1. The first-order valence-corrected chi connectivity index (χ1v) is 7.16. The molecule has 0 spiro atoms. The topological polar surface area (TPSA) is 84.3 Å². The summed E-state index contributed by atoms with van der Waals surface area (Å²) in [4.78, 5) is 18.9. The number of carboxylic acids is 1. The number of rotatable bonds is 5. The number of benzene rings is 1. The van der Waals surface area contributed by atoms with Crippen molar-refractivity contribution in [3.8, 4) is 11.5 Å². The first-order valence-electron chi connectivity index (χ1n) is 6.41. The van der Waals surface area contributed by atoms with Crippen molar-refractivity contribution < 1.29 is 14.6 Å². The SMILES string of the molecule is CCNc1nc(C(=O)O)nc(C)c1Oc1ccc(Cl)cc1Cl.Cl. The third-order valence-electron chi connectivity index (χ3n) is 2.68. The minimum absolute atomic E-state index is 0. The molecule has 0 atom stereocenters. The van der Waals surface area contributed by atoms with Crippen molar-refractivity contribution in [1.29, 1.82) is 0 Å². The Labute approximate surface area is 149 Å². The van der Waals surface area contributed by atoms with E-state index < -0.39 is 5.97 Å². The number of halogens is 3. The Bertz CT molecular complexity index is 726. The van der Waals surface area contributed by atoms with Crippen LogP contribution in [0.1, 0.15) is 23.2 Å². The standard InChI is InChI=1S/C14H13Cl2N3O3.ClH/c1-3-17-12-11(7(2)18-13(19-12)14(20)21)22-10-5-4-8(15)6-9(10)16;/h4-6H,3H2,1-2H3,(H,20,21)(H,17,18,19);1H. The van der Waals surface area contributed by atoms with E-state index in [2.05, 4.69) is 15.3 Å². The zero-order chi connectivity index (χ0) is 16.3. The molecule has 124 valence electrons. The minimum atomic E-state index is -1.21. The van der Waals surface area contributed by atoms with Gasteiger partial charge in [-0.3, -0.25) is 0 Å². The van der Waals surface area contributed by atoms with E-state index in [9.17, 15) is 4.79 Å². The number of hydrogen-bond acceptors (Lipinski definition) is 5. The van der Waals surface area contributed by atoms with Crippen LogP contribution >= 0.6 is 35.6 Å². The molecule has 2 N–H and O–H groups in total. The molecule has 9 heteroatoms. The molecule has 0 aliphatic carbocycles. The van der Waals surface area contributed by atoms with Crippen LogP contribution in [-0.2, 0) is 0 Å². The smallest absolute Gasteiger partial charge is 0.374 e. The molecule has 0 saturated heterocycles. The molecule has 1 aromatic carbocycles. The van der Waals surface area contributed by atoms with E-state index >= 15 is 0 Å². The van der Waals surface area contributed by atoms with Crippen molar-refractivity contribution in [3.05, 3.63) is 39.8 Å². The highest BCUT2D eigenvalue weighted by atomic mass is 35.5. The molecule has 23 heavy (non-hydrogen) atoms. The molecule has 1 heterocycles. The van der Waals surface area contributed by atoms with E-state index in [4.69, 9.17) is 33.0 Å². The van der Waals surface area contributed by atoms with E-state index in [0.29, 0.717) is 39.6 Å². The van der Waals surface area contributed by atoms with Crippen molar-refractivity contribution >= 4 is 47.4 Å². The van der Waals surface area contributed by atoms with Gasteiger partial charge in [-0.15, -0.1) is 12.4 Å². The molecule has 0 bridgehead atoms. The van der Waals surface area contributed by atoms with Crippen LogP contribution < -0.4 is 10.1 Å². The second-order valence-electron chi connectivity index (χ2n) is 4.32. The highest BCUT2D eigenvalue weighted by Gasteiger charge is 2.18. The van der Waals surface area contributed by atoms with E-state index in [1.54, 1.807) is 25.1 Å². The van der Waals surface area contributed by atoms with Crippen LogP contribution in [0, 0.1) is 6.92 Å². The lowest BCUT2D eigenvalue weighted by Crippen LogP contribution is -2.11. The summed E-state index contributed by atoms with van der Waals surface area (Å²) in [6.45, 7) is 4.03. The van der Waals surface area contributed by atoms with E-state index in [-0.39, 0.29) is 18.2 Å². The quantitative estimate of drug-likeness (QED) is 0.800. The number of ether oxygens (including phenoxy) is 1. The van der Waals surface area contributed by atoms with Gasteiger partial charge in [0, 0.05) is 11.6 Å². The Morgan fingerprint density at radius 2 is 2.04 bits per heavy atom. The molecule has 0 unspecified atom stereocenters. The van der Waals surface area contributed by atoms with Crippen LogP contribution in [0.25, 0.3) is 0 Å². The lowest BCUT2D eigenvalue weighted by molar-refractivity contribution is 0.0683. The minimum Gasteiger partial charge on any atom is -0.475 e. The monoisotopic (exact) mass is 377 g/mol.